The van der Waals surface area contributed by atoms with Crippen LogP contribution in [0.2, 0.25) is 5.15 Å². The molecule has 1 aromatic heterocycles. The van der Waals surface area contributed by atoms with Crippen LogP contribution in [0.1, 0.15) is 5.56 Å². The maximum absolute atomic E-state index is 5.97. The summed E-state index contributed by atoms with van der Waals surface area (Å²) in [4.78, 5) is 0. The lowest BCUT2D eigenvalue weighted by Gasteiger charge is -2.06. The van der Waals surface area contributed by atoms with Crippen molar-refractivity contribution in [2.75, 3.05) is 5.73 Å². The molecule has 0 aliphatic rings. The summed E-state index contributed by atoms with van der Waals surface area (Å²) in [6.07, 6.45) is 0. The summed E-state index contributed by atoms with van der Waals surface area (Å²) in [6.45, 7) is 2.02. The summed E-state index contributed by atoms with van der Waals surface area (Å²) in [7, 11) is 0. The molecule has 3 nitrogen and oxygen atoms in total. The van der Waals surface area contributed by atoms with Gasteiger partial charge in [0.25, 0.3) is 0 Å². The first-order chi connectivity index (χ1) is 7.18. The smallest absolute Gasteiger partial charge is 0.159 e. The molecule has 2 N–H and O–H groups in total. The van der Waals surface area contributed by atoms with E-state index in [1.54, 1.807) is 6.07 Å². The quantitative estimate of drug-likeness (QED) is 0.802. The van der Waals surface area contributed by atoms with Gasteiger partial charge in [0, 0.05) is 5.56 Å². The number of anilines is 1. The van der Waals surface area contributed by atoms with Gasteiger partial charge in [-0.15, -0.1) is 10.2 Å². The second kappa shape index (κ2) is 3.87. The van der Waals surface area contributed by atoms with Gasteiger partial charge >= 0.3 is 0 Å². The molecule has 76 valence electrons. The zero-order chi connectivity index (χ0) is 10.8. The van der Waals surface area contributed by atoms with E-state index in [0.29, 0.717) is 11.0 Å². The number of aryl methyl sites for hydroxylation is 1. The van der Waals surface area contributed by atoms with Crippen molar-refractivity contribution in [3.05, 3.63) is 41.0 Å². The molecule has 0 bridgehead atoms. The van der Waals surface area contributed by atoms with Crippen molar-refractivity contribution in [1.29, 1.82) is 0 Å². The number of hydrogen-bond donors (Lipinski definition) is 1. The SMILES string of the molecule is Cc1ccccc1-c1cc(N)nnc1Cl. The van der Waals surface area contributed by atoms with Crippen LogP contribution in [0.3, 0.4) is 0 Å². The van der Waals surface area contributed by atoms with Crippen LogP contribution in [-0.2, 0) is 0 Å². The molecule has 1 heterocycles. The third kappa shape index (κ3) is 1.92. The van der Waals surface area contributed by atoms with Gasteiger partial charge in [0.05, 0.1) is 0 Å². The maximum Gasteiger partial charge on any atom is 0.159 e. The summed E-state index contributed by atoms with van der Waals surface area (Å²) in [5, 5.41) is 7.85. The van der Waals surface area contributed by atoms with Gasteiger partial charge in [-0.1, -0.05) is 35.9 Å². The van der Waals surface area contributed by atoms with Crippen molar-refractivity contribution < 1.29 is 0 Å². The van der Waals surface area contributed by atoms with Gasteiger partial charge in [0.15, 0.2) is 5.15 Å². The van der Waals surface area contributed by atoms with E-state index in [4.69, 9.17) is 17.3 Å². The van der Waals surface area contributed by atoms with Crippen LogP contribution in [0.5, 0.6) is 0 Å². The number of hydrogen-bond acceptors (Lipinski definition) is 3. The van der Waals surface area contributed by atoms with E-state index in [-0.39, 0.29) is 0 Å². The van der Waals surface area contributed by atoms with E-state index in [1.165, 1.54) is 0 Å². The van der Waals surface area contributed by atoms with Crippen molar-refractivity contribution in [2.24, 2.45) is 0 Å². The first-order valence-corrected chi connectivity index (χ1v) is 4.91. The summed E-state index contributed by atoms with van der Waals surface area (Å²) in [5.74, 6) is 0.373. The molecule has 0 spiro atoms. The minimum atomic E-state index is 0.373. The minimum absolute atomic E-state index is 0.373. The fraction of sp³-hybridized carbons (Fsp3) is 0.0909. The molecule has 1 aromatic carbocycles. The second-order valence-electron chi connectivity index (χ2n) is 3.29. The van der Waals surface area contributed by atoms with E-state index in [2.05, 4.69) is 10.2 Å². The summed E-state index contributed by atoms with van der Waals surface area (Å²) in [5.41, 5.74) is 8.57. The standard InChI is InChI=1S/C11H10ClN3/c1-7-4-2-3-5-8(7)9-6-10(13)14-15-11(9)12/h2-6H,1H3,(H2,13,14). The molecule has 0 atom stereocenters. The van der Waals surface area contributed by atoms with Crippen LogP contribution in [0.4, 0.5) is 5.82 Å². The van der Waals surface area contributed by atoms with E-state index >= 15 is 0 Å². The minimum Gasteiger partial charge on any atom is -0.382 e. The number of nitrogens with two attached hydrogens (primary N) is 1. The molecule has 2 rings (SSSR count). The van der Waals surface area contributed by atoms with Gasteiger partial charge in [0.2, 0.25) is 0 Å². The molecule has 0 saturated heterocycles. The number of rotatable bonds is 1. The molecule has 0 aliphatic heterocycles. The van der Waals surface area contributed by atoms with E-state index < -0.39 is 0 Å². The predicted molar refractivity (Wildman–Crippen MR) is 61.6 cm³/mol. The Balaban J connectivity index is 2.64. The van der Waals surface area contributed by atoms with Gasteiger partial charge in [0.1, 0.15) is 5.82 Å². The van der Waals surface area contributed by atoms with Crippen LogP contribution >= 0.6 is 11.6 Å². The number of nitrogen functional groups attached to an aromatic ring is 1. The summed E-state index contributed by atoms with van der Waals surface area (Å²) >= 11 is 5.97. The maximum atomic E-state index is 5.97. The molecule has 0 saturated carbocycles. The molecule has 2 aromatic rings. The Kier molecular flexibility index (Phi) is 2.56. The normalized spacial score (nSPS) is 10.3. The van der Waals surface area contributed by atoms with Crippen molar-refractivity contribution in [1.82, 2.24) is 10.2 Å². The van der Waals surface area contributed by atoms with Gasteiger partial charge in [-0.05, 0) is 24.1 Å². The molecule has 0 unspecified atom stereocenters. The predicted octanol–water partition coefficient (Wildman–Crippen LogP) is 2.69. The number of aromatic nitrogens is 2. The highest BCUT2D eigenvalue weighted by atomic mass is 35.5. The second-order valence-corrected chi connectivity index (χ2v) is 3.65. The lowest BCUT2D eigenvalue weighted by Crippen LogP contribution is -1.95. The van der Waals surface area contributed by atoms with Crippen LogP contribution < -0.4 is 5.73 Å². The first-order valence-electron chi connectivity index (χ1n) is 4.53. The van der Waals surface area contributed by atoms with Gasteiger partial charge in [-0.25, -0.2) is 0 Å². The van der Waals surface area contributed by atoms with Crippen LogP contribution in [0.15, 0.2) is 30.3 Å². The Morgan fingerprint density at radius 3 is 2.60 bits per heavy atom. The van der Waals surface area contributed by atoms with Gasteiger partial charge in [-0.2, -0.15) is 0 Å². The molecular formula is C11H10ClN3. The van der Waals surface area contributed by atoms with Crippen molar-refractivity contribution in [2.45, 2.75) is 6.92 Å². The van der Waals surface area contributed by atoms with Crippen molar-refractivity contribution >= 4 is 17.4 Å². The number of benzene rings is 1. The largest absolute Gasteiger partial charge is 0.382 e. The number of halogens is 1. The van der Waals surface area contributed by atoms with E-state index in [0.717, 1.165) is 16.7 Å². The highest BCUT2D eigenvalue weighted by Gasteiger charge is 2.07. The van der Waals surface area contributed by atoms with Gasteiger partial charge in [-0.3, -0.25) is 0 Å². The van der Waals surface area contributed by atoms with E-state index in [9.17, 15) is 0 Å². The fourth-order valence-corrected chi connectivity index (χ4v) is 1.65. The van der Waals surface area contributed by atoms with Gasteiger partial charge < -0.3 is 5.73 Å². The Morgan fingerprint density at radius 1 is 1.13 bits per heavy atom. The summed E-state index contributed by atoms with van der Waals surface area (Å²) < 4.78 is 0. The van der Waals surface area contributed by atoms with Crippen molar-refractivity contribution in [3.63, 3.8) is 0 Å². The average molecular weight is 220 g/mol. The Hall–Kier alpha value is -1.61. The molecular weight excluding hydrogens is 210 g/mol. The zero-order valence-corrected chi connectivity index (χ0v) is 8.99. The lowest BCUT2D eigenvalue weighted by molar-refractivity contribution is 1.04. The van der Waals surface area contributed by atoms with Crippen LogP contribution in [0, 0.1) is 6.92 Å². The van der Waals surface area contributed by atoms with Crippen LogP contribution in [0.25, 0.3) is 11.1 Å². The van der Waals surface area contributed by atoms with E-state index in [1.807, 2.05) is 31.2 Å². The third-order valence-corrected chi connectivity index (χ3v) is 2.48. The molecule has 0 aliphatic carbocycles. The van der Waals surface area contributed by atoms with Crippen LogP contribution in [-0.4, -0.2) is 10.2 Å². The summed E-state index contributed by atoms with van der Waals surface area (Å²) in [6, 6.07) is 9.66. The topological polar surface area (TPSA) is 51.8 Å². The Labute approximate surface area is 92.9 Å². The Morgan fingerprint density at radius 2 is 1.87 bits per heavy atom. The molecule has 0 amide bonds. The first kappa shape index (κ1) is 9.93. The molecule has 0 fully saturated rings. The Bertz CT molecular complexity index is 497. The third-order valence-electron chi connectivity index (χ3n) is 2.20. The molecule has 4 heteroatoms. The highest BCUT2D eigenvalue weighted by Crippen LogP contribution is 2.29. The fourth-order valence-electron chi connectivity index (χ4n) is 1.46. The molecule has 15 heavy (non-hydrogen) atoms. The molecule has 0 radical (unpaired) electrons. The number of nitrogens with zero attached hydrogens (tertiary/aromatic N) is 2. The highest BCUT2D eigenvalue weighted by molar-refractivity contribution is 6.32. The van der Waals surface area contributed by atoms with Crippen molar-refractivity contribution in [3.8, 4) is 11.1 Å². The monoisotopic (exact) mass is 219 g/mol. The average Bonchev–Trinajstić information content (AvgIpc) is 2.23. The zero-order valence-electron chi connectivity index (χ0n) is 8.24. The lowest BCUT2D eigenvalue weighted by atomic mass is 10.0.